The summed E-state index contributed by atoms with van der Waals surface area (Å²) in [7, 11) is 0. The van der Waals surface area contributed by atoms with Crippen LogP contribution in [0.4, 0.5) is 11.4 Å². The van der Waals surface area contributed by atoms with Gasteiger partial charge in [-0.15, -0.1) is 0 Å². The fourth-order valence-corrected chi connectivity index (χ4v) is 2.96. The molecule has 2 aromatic rings. The minimum Gasteiger partial charge on any atom is -0.506 e. The van der Waals surface area contributed by atoms with Gasteiger partial charge in [0.05, 0.1) is 10.6 Å². The van der Waals surface area contributed by atoms with Crippen LogP contribution in [0.1, 0.15) is 0 Å². The highest BCUT2D eigenvalue weighted by molar-refractivity contribution is 5.57. The van der Waals surface area contributed by atoms with Crippen LogP contribution >= 0.6 is 0 Å². The Labute approximate surface area is 146 Å². The van der Waals surface area contributed by atoms with E-state index in [0.717, 1.165) is 31.9 Å². The Balaban J connectivity index is 1.47. The predicted octanol–water partition coefficient (Wildman–Crippen LogP) is 2.50. The van der Waals surface area contributed by atoms with Crippen molar-refractivity contribution in [3.8, 4) is 11.5 Å². The van der Waals surface area contributed by atoms with Crippen LogP contribution in [0.5, 0.6) is 11.5 Å². The summed E-state index contributed by atoms with van der Waals surface area (Å²) in [5.41, 5.74) is 0.852. The Bertz CT molecular complexity index is 730. The Morgan fingerprint density at radius 2 is 1.72 bits per heavy atom. The molecule has 7 nitrogen and oxygen atoms in total. The molecule has 1 aliphatic rings. The monoisotopic (exact) mass is 343 g/mol. The number of nitro groups is 1. The fourth-order valence-electron chi connectivity index (χ4n) is 2.96. The molecule has 1 heterocycles. The second-order valence-electron chi connectivity index (χ2n) is 5.89. The van der Waals surface area contributed by atoms with Crippen LogP contribution in [0.25, 0.3) is 0 Å². The summed E-state index contributed by atoms with van der Waals surface area (Å²) >= 11 is 0. The Morgan fingerprint density at radius 3 is 2.44 bits per heavy atom. The number of nitrogens with zero attached hydrogens (tertiary/aromatic N) is 3. The SMILES string of the molecule is O=[N+]([O-])c1ccccc1OCCN1CCN(c2ccccc2O)CC1. The molecule has 0 saturated carbocycles. The highest BCUT2D eigenvalue weighted by atomic mass is 16.6. The molecule has 132 valence electrons. The van der Waals surface area contributed by atoms with E-state index in [-0.39, 0.29) is 5.69 Å². The minimum absolute atomic E-state index is 0.00753. The number of phenols is 1. The molecule has 1 fully saturated rings. The van der Waals surface area contributed by atoms with Gasteiger partial charge in [0.25, 0.3) is 0 Å². The van der Waals surface area contributed by atoms with Gasteiger partial charge in [-0.3, -0.25) is 15.0 Å². The number of piperazine rings is 1. The molecule has 25 heavy (non-hydrogen) atoms. The number of nitro benzene ring substituents is 1. The average Bonchev–Trinajstić information content (AvgIpc) is 2.63. The lowest BCUT2D eigenvalue weighted by atomic mass is 10.2. The van der Waals surface area contributed by atoms with Crippen LogP contribution in [0.2, 0.25) is 0 Å². The largest absolute Gasteiger partial charge is 0.506 e. The van der Waals surface area contributed by atoms with Crippen molar-refractivity contribution in [1.82, 2.24) is 4.90 Å². The third-order valence-corrected chi connectivity index (χ3v) is 4.32. The first kappa shape index (κ1) is 17.0. The van der Waals surface area contributed by atoms with Gasteiger partial charge < -0.3 is 14.7 Å². The minimum atomic E-state index is -0.430. The number of anilines is 1. The van der Waals surface area contributed by atoms with Gasteiger partial charge in [-0.2, -0.15) is 0 Å². The highest BCUT2D eigenvalue weighted by Gasteiger charge is 2.19. The van der Waals surface area contributed by atoms with Crippen LogP contribution in [-0.2, 0) is 0 Å². The van der Waals surface area contributed by atoms with Crippen LogP contribution in [0.3, 0.4) is 0 Å². The number of ether oxygens (including phenoxy) is 1. The maximum Gasteiger partial charge on any atom is 0.310 e. The van der Waals surface area contributed by atoms with Crippen LogP contribution in [0.15, 0.2) is 48.5 Å². The second-order valence-corrected chi connectivity index (χ2v) is 5.89. The molecule has 1 saturated heterocycles. The number of benzene rings is 2. The van der Waals surface area contributed by atoms with Gasteiger partial charge in [0.2, 0.25) is 0 Å². The van der Waals surface area contributed by atoms with Gasteiger partial charge in [0, 0.05) is 38.8 Å². The lowest BCUT2D eigenvalue weighted by Gasteiger charge is -2.36. The molecule has 0 aromatic heterocycles. The number of aromatic hydroxyl groups is 1. The molecular formula is C18H21N3O4. The number of hydrogen-bond donors (Lipinski definition) is 1. The summed E-state index contributed by atoms with van der Waals surface area (Å²) in [6.07, 6.45) is 0. The maximum atomic E-state index is 11.0. The van der Waals surface area contributed by atoms with E-state index in [1.807, 2.05) is 18.2 Å². The van der Waals surface area contributed by atoms with Crippen molar-refractivity contribution in [1.29, 1.82) is 0 Å². The van der Waals surface area contributed by atoms with Crippen molar-refractivity contribution >= 4 is 11.4 Å². The van der Waals surface area contributed by atoms with Crippen molar-refractivity contribution < 1.29 is 14.8 Å². The van der Waals surface area contributed by atoms with Crippen LogP contribution in [0, 0.1) is 10.1 Å². The van der Waals surface area contributed by atoms with E-state index >= 15 is 0 Å². The van der Waals surface area contributed by atoms with Gasteiger partial charge in [0.1, 0.15) is 12.4 Å². The molecule has 0 unspecified atom stereocenters. The molecule has 0 bridgehead atoms. The van der Waals surface area contributed by atoms with Crippen LogP contribution in [-0.4, -0.2) is 54.3 Å². The lowest BCUT2D eigenvalue weighted by Crippen LogP contribution is -2.47. The summed E-state index contributed by atoms with van der Waals surface area (Å²) in [5, 5.41) is 20.9. The maximum absolute atomic E-state index is 11.0. The standard InChI is InChI=1S/C18H21N3O4/c22-17-7-3-1-5-15(17)20-11-9-19(10-12-20)13-14-25-18-8-4-2-6-16(18)21(23)24/h1-8,22H,9-14H2. The summed E-state index contributed by atoms with van der Waals surface area (Å²) in [6.45, 7) is 4.47. The molecule has 1 aliphatic heterocycles. The zero-order chi connectivity index (χ0) is 17.6. The van der Waals surface area contributed by atoms with Gasteiger partial charge >= 0.3 is 5.69 Å². The van der Waals surface area contributed by atoms with Gasteiger partial charge in [0.15, 0.2) is 5.75 Å². The molecule has 0 radical (unpaired) electrons. The molecule has 0 amide bonds. The van der Waals surface area contributed by atoms with Gasteiger partial charge in [-0.1, -0.05) is 24.3 Å². The van der Waals surface area contributed by atoms with Crippen molar-refractivity contribution in [2.24, 2.45) is 0 Å². The molecule has 0 aliphatic carbocycles. The first-order valence-electron chi connectivity index (χ1n) is 8.26. The Morgan fingerprint density at radius 1 is 1.04 bits per heavy atom. The molecule has 2 aromatic carbocycles. The van der Waals surface area contributed by atoms with Crippen molar-refractivity contribution in [3.05, 3.63) is 58.6 Å². The number of rotatable bonds is 6. The molecular weight excluding hydrogens is 322 g/mol. The normalized spacial score (nSPS) is 15.1. The first-order valence-corrected chi connectivity index (χ1v) is 8.26. The van der Waals surface area contributed by atoms with E-state index in [9.17, 15) is 15.2 Å². The molecule has 0 atom stereocenters. The van der Waals surface area contributed by atoms with E-state index in [2.05, 4.69) is 9.80 Å². The zero-order valence-corrected chi connectivity index (χ0v) is 13.9. The molecule has 1 N–H and O–H groups in total. The summed E-state index contributed by atoms with van der Waals surface area (Å²) in [5.74, 6) is 0.607. The molecule has 0 spiro atoms. The summed E-state index contributed by atoms with van der Waals surface area (Å²) in [6, 6.07) is 13.8. The Kier molecular flexibility index (Phi) is 5.35. The zero-order valence-electron chi connectivity index (χ0n) is 13.9. The lowest BCUT2D eigenvalue weighted by molar-refractivity contribution is -0.385. The molecule has 7 heteroatoms. The highest BCUT2D eigenvalue weighted by Crippen LogP contribution is 2.27. The van der Waals surface area contributed by atoms with Crippen molar-refractivity contribution in [2.45, 2.75) is 0 Å². The van der Waals surface area contributed by atoms with E-state index in [1.165, 1.54) is 6.07 Å². The molecule has 3 rings (SSSR count). The second kappa shape index (κ2) is 7.85. The topological polar surface area (TPSA) is 79.1 Å². The number of hydrogen-bond acceptors (Lipinski definition) is 6. The summed E-state index contributed by atoms with van der Waals surface area (Å²) in [4.78, 5) is 15.0. The Hall–Kier alpha value is -2.80. The van der Waals surface area contributed by atoms with Crippen LogP contribution < -0.4 is 9.64 Å². The van der Waals surface area contributed by atoms with Gasteiger partial charge in [-0.05, 0) is 18.2 Å². The van der Waals surface area contributed by atoms with Gasteiger partial charge in [-0.25, -0.2) is 0 Å². The van der Waals surface area contributed by atoms with Crippen molar-refractivity contribution in [3.63, 3.8) is 0 Å². The van der Waals surface area contributed by atoms with Crippen molar-refractivity contribution in [2.75, 3.05) is 44.2 Å². The average molecular weight is 343 g/mol. The first-order chi connectivity index (χ1) is 12.1. The van der Waals surface area contributed by atoms with E-state index in [1.54, 1.807) is 24.3 Å². The van der Waals surface area contributed by atoms with E-state index < -0.39 is 4.92 Å². The van der Waals surface area contributed by atoms with E-state index in [4.69, 9.17) is 4.74 Å². The van der Waals surface area contributed by atoms with E-state index in [0.29, 0.717) is 24.7 Å². The number of para-hydroxylation sites is 4. The fraction of sp³-hybridized carbons (Fsp3) is 0.333. The quantitative estimate of drug-likeness (QED) is 0.641. The predicted molar refractivity (Wildman–Crippen MR) is 95.4 cm³/mol. The summed E-state index contributed by atoms with van der Waals surface area (Å²) < 4.78 is 5.59. The number of phenolic OH excluding ortho intramolecular Hbond substituents is 1. The third-order valence-electron chi connectivity index (χ3n) is 4.32. The smallest absolute Gasteiger partial charge is 0.310 e. The third kappa shape index (κ3) is 4.19.